The second-order valence-corrected chi connectivity index (χ2v) is 9.89. The lowest BCUT2D eigenvalue weighted by atomic mass is 10.0. The standard InChI is InChI=1S/C27H43BrN4O5/c1-6-8-9-10-23(34)31-21(27(36)30-14-16-37-15-13-29-22(33)7-2)11-12-24(35)32-26-19(4)17-18(3)25(28)20(26)5/h17,21H,6-16H2,1-5H3,(H,29,33)(H,30,36)(H,31,34)(H,32,35)/t21-/m0/s1. The highest BCUT2D eigenvalue weighted by Gasteiger charge is 2.22. The van der Waals surface area contributed by atoms with Gasteiger partial charge in [-0.15, -0.1) is 0 Å². The molecule has 0 bridgehead atoms. The maximum absolute atomic E-state index is 12.8. The van der Waals surface area contributed by atoms with E-state index in [1.54, 1.807) is 6.92 Å². The molecule has 1 atom stereocenters. The zero-order valence-corrected chi connectivity index (χ0v) is 24.4. The second kappa shape index (κ2) is 17.9. The van der Waals surface area contributed by atoms with Crippen LogP contribution in [0.1, 0.15) is 75.5 Å². The van der Waals surface area contributed by atoms with Gasteiger partial charge in [0.15, 0.2) is 0 Å². The van der Waals surface area contributed by atoms with Crippen LogP contribution in [-0.2, 0) is 23.9 Å². The van der Waals surface area contributed by atoms with Gasteiger partial charge in [-0.05, 0) is 50.3 Å². The highest BCUT2D eigenvalue weighted by Crippen LogP contribution is 2.30. The van der Waals surface area contributed by atoms with Gasteiger partial charge in [-0.3, -0.25) is 19.2 Å². The largest absolute Gasteiger partial charge is 0.378 e. The van der Waals surface area contributed by atoms with Crippen LogP contribution in [0.4, 0.5) is 5.69 Å². The molecule has 0 heterocycles. The molecule has 1 aromatic carbocycles. The van der Waals surface area contributed by atoms with Gasteiger partial charge in [-0.2, -0.15) is 0 Å². The Balaban J connectivity index is 2.65. The summed E-state index contributed by atoms with van der Waals surface area (Å²) < 4.78 is 6.37. The van der Waals surface area contributed by atoms with Crippen LogP contribution in [0.5, 0.6) is 0 Å². The highest BCUT2D eigenvalue weighted by atomic mass is 79.9. The molecule has 4 amide bonds. The Morgan fingerprint density at radius 2 is 1.57 bits per heavy atom. The van der Waals surface area contributed by atoms with Gasteiger partial charge in [-0.1, -0.05) is 48.7 Å². The van der Waals surface area contributed by atoms with E-state index in [4.69, 9.17) is 4.74 Å². The van der Waals surface area contributed by atoms with Gasteiger partial charge in [0.2, 0.25) is 23.6 Å². The summed E-state index contributed by atoms with van der Waals surface area (Å²) in [7, 11) is 0. The summed E-state index contributed by atoms with van der Waals surface area (Å²) in [5.41, 5.74) is 3.74. The molecule has 0 aromatic heterocycles. The number of hydrogen-bond donors (Lipinski definition) is 4. The van der Waals surface area contributed by atoms with Gasteiger partial charge in [0.1, 0.15) is 6.04 Å². The van der Waals surface area contributed by atoms with Crippen molar-refractivity contribution >= 4 is 45.2 Å². The van der Waals surface area contributed by atoms with E-state index in [-0.39, 0.29) is 49.6 Å². The number of nitrogens with one attached hydrogen (secondary N) is 4. The highest BCUT2D eigenvalue weighted by molar-refractivity contribution is 9.10. The predicted molar refractivity (Wildman–Crippen MR) is 149 cm³/mol. The van der Waals surface area contributed by atoms with Crippen molar-refractivity contribution in [2.45, 2.75) is 85.6 Å². The molecule has 0 aliphatic heterocycles. The van der Waals surface area contributed by atoms with Crippen LogP contribution >= 0.6 is 15.9 Å². The third kappa shape index (κ3) is 12.6. The lowest BCUT2D eigenvalue weighted by Gasteiger charge is -2.19. The van der Waals surface area contributed by atoms with Gasteiger partial charge in [-0.25, -0.2) is 0 Å². The van der Waals surface area contributed by atoms with E-state index in [9.17, 15) is 19.2 Å². The van der Waals surface area contributed by atoms with Gasteiger partial charge < -0.3 is 26.0 Å². The molecule has 9 nitrogen and oxygen atoms in total. The van der Waals surface area contributed by atoms with Crippen molar-refractivity contribution < 1.29 is 23.9 Å². The minimum absolute atomic E-state index is 0.0428. The van der Waals surface area contributed by atoms with Crippen LogP contribution in [0.2, 0.25) is 0 Å². The summed E-state index contributed by atoms with van der Waals surface area (Å²) in [6.45, 7) is 11.0. The van der Waals surface area contributed by atoms with Crippen LogP contribution in [-0.4, -0.2) is 56.0 Å². The molecule has 0 aliphatic rings. The zero-order valence-electron chi connectivity index (χ0n) is 22.9. The number of hydrogen-bond acceptors (Lipinski definition) is 5. The monoisotopic (exact) mass is 582 g/mol. The number of amides is 4. The zero-order chi connectivity index (χ0) is 27.8. The predicted octanol–water partition coefficient (Wildman–Crippen LogP) is 3.82. The Morgan fingerprint density at radius 3 is 2.22 bits per heavy atom. The first-order valence-electron chi connectivity index (χ1n) is 13.1. The molecule has 10 heteroatoms. The Labute approximate surface area is 229 Å². The molecular formula is C27H43BrN4O5. The molecule has 0 unspecified atom stereocenters. The van der Waals surface area contributed by atoms with Crippen molar-refractivity contribution in [3.63, 3.8) is 0 Å². The molecule has 0 radical (unpaired) electrons. The average molecular weight is 584 g/mol. The fourth-order valence-corrected chi connectivity index (χ4v) is 4.07. The number of carbonyl (C=O) groups excluding carboxylic acids is 4. The van der Waals surface area contributed by atoms with E-state index in [0.717, 1.165) is 46.1 Å². The molecule has 37 heavy (non-hydrogen) atoms. The van der Waals surface area contributed by atoms with Crippen molar-refractivity contribution in [2.24, 2.45) is 0 Å². The molecule has 0 fully saturated rings. The lowest BCUT2D eigenvalue weighted by Crippen LogP contribution is -2.47. The fraction of sp³-hybridized carbons (Fsp3) is 0.630. The van der Waals surface area contributed by atoms with Crippen molar-refractivity contribution in [3.05, 3.63) is 27.2 Å². The van der Waals surface area contributed by atoms with Crippen LogP contribution in [0, 0.1) is 20.8 Å². The first kappa shape index (κ1) is 32.6. The van der Waals surface area contributed by atoms with E-state index in [0.29, 0.717) is 26.0 Å². The van der Waals surface area contributed by atoms with E-state index in [1.165, 1.54) is 0 Å². The minimum Gasteiger partial charge on any atom is -0.378 e. The summed E-state index contributed by atoms with van der Waals surface area (Å²) in [4.78, 5) is 49.2. The number of halogens is 1. The number of aryl methyl sites for hydroxylation is 2. The molecular weight excluding hydrogens is 540 g/mol. The van der Waals surface area contributed by atoms with Crippen molar-refractivity contribution in [1.82, 2.24) is 16.0 Å². The summed E-state index contributed by atoms with van der Waals surface area (Å²) in [5, 5.41) is 11.2. The fourth-order valence-electron chi connectivity index (χ4n) is 3.76. The Morgan fingerprint density at radius 1 is 0.892 bits per heavy atom. The van der Waals surface area contributed by atoms with Crippen molar-refractivity contribution in [2.75, 3.05) is 31.6 Å². The molecule has 0 saturated heterocycles. The number of unbranched alkanes of at least 4 members (excludes halogenated alkanes) is 2. The van der Waals surface area contributed by atoms with Gasteiger partial charge >= 0.3 is 0 Å². The second-order valence-electron chi connectivity index (χ2n) is 9.10. The van der Waals surface area contributed by atoms with Crippen molar-refractivity contribution in [1.29, 1.82) is 0 Å². The maximum atomic E-state index is 12.8. The van der Waals surface area contributed by atoms with Gasteiger partial charge in [0.05, 0.1) is 13.2 Å². The third-order valence-electron chi connectivity index (χ3n) is 5.90. The summed E-state index contributed by atoms with van der Waals surface area (Å²) >= 11 is 3.56. The van der Waals surface area contributed by atoms with Crippen LogP contribution in [0.15, 0.2) is 10.5 Å². The maximum Gasteiger partial charge on any atom is 0.242 e. The first-order valence-corrected chi connectivity index (χ1v) is 13.9. The number of benzene rings is 1. The van der Waals surface area contributed by atoms with Crippen LogP contribution in [0.3, 0.4) is 0 Å². The molecule has 0 aliphatic carbocycles. The number of anilines is 1. The SMILES string of the molecule is CCCCCC(=O)N[C@@H](CCC(=O)Nc1c(C)cc(C)c(Br)c1C)C(=O)NCCOCCNC(=O)CC. The lowest BCUT2D eigenvalue weighted by molar-refractivity contribution is -0.129. The van der Waals surface area contributed by atoms with E-state index in [2.05, 4.69) is 44.1 Å². The molecule has 0 saturated carbocycles. The molecule has 1 aromatic rings. The summed E-state index contributed by atoms with van der Waals surface area (Å²) in [6.07, 6.45) is 3.69. The number of ether oxygens (including phenoxy) is 1. The van der Waals surface area contributed by atoms with Crippen molar-refractivity contribution in [3.8, 4) is 0 Å². The normalized spacial score (nSPS) is 11.5. The molecule has 1 rings (SSSR count). The van der Waals surface area contributed by atoms with Crippen LogP contribution < -0.4 is 21.3 Å². The quantitative estimate of drug-likeness (QED) is 0.208. The van der Waals surface area contributed by atoms with E-state index in [1.807, 2.05) is 26.8 Å². The Kier molecular flexibility index (Phi) is 15.8. The van der Waals surface area contributed by atoms with Crippen LogP contribution in [0.25, 0.3) is 0 Å². The summed E-state index contributed by atoms with van der Waals surface area (Å²) in [6, 6.07) is 1.18. The van der Waals surface area contributed by atoms with Gasteiger partial charge in [0, 0.05) is 42.5 Å². The third-order valence-corrected chi connectivity index (χ3v) is 7.12. The Hall–Kier alpha value is -2.46. The minimum atomic E-state index is -0.823. The molecule has 4 N–H and O–H groups in total. The van der Waals surface area contributed by atoms with E-state index >= 15 is 0 Å². The smallest absolute Gasteiger partial charge is 0.242 e. The molecule has 208 valence electrons. The topological polar surface area (TPSA) is 126 Å². The average Bonchev–Trinajstić information content (AvgIpc) is 2.86. The Bertz CT molecular complexity index is 923. The number of carbonyl (C=O) groups is 4. The van der Waals surface area contributed by atoms with E-state index < -0.39 is 6.04 Å². The molecule has 0 spiro atoms. The number of rotatable bonds is 17. The first-order chi connectivity index (χ1) is 17.6. The van der Waals surface area contributed by atoms with Gasteiger partial charge in [0.25, 0.3) is 0 Å². The summed E-state index contributed by atoms with van der Waals surface area (Å²) in [5.74, 6) is -0.827.